The van der Waals surface area contributed by atoms with Crippen molar-refractivity contribution in [1.82, 2.24) is 4.57 Å². The summed E-state index contributed by atoms with van der Waals surface area (Å²) >= 11 is 0. The molecule has 0 fully saturated rings. The van der Waals surface area contributed by atoms with Crippen LogP contribution in [-0.4, -0.2) is 4.57 Å². The van der Waals surface area contributed by atoms with Gasteiger partial charge in [0.05, 0.1) is 16.7 Å². The predicted octanol–water partition coefficient (Wildman–Crippen LogP) is 11.1. The molecule has 1 aliphatic heterocycles. The molecule has 0 atom stereocenters. The molecule has 1 nitrogen and oxygen atoms in total. The first kappa shape index (κ1) is 24.7. The van der Waals surface area contributed by atoms with Gasteiger partial charge in [0.1, 0.15) is 0 Å². The van der Waals surface area contributed by atoms with Crippen LogP contribution in [0.1, 0.15) is 49.9 Å². The lowest BCUT2D eigenvalue weighted by atomic mass is 9.75. The SMILES string of the molecule is CC1(C)c2ccccc2-c2ccc(-c3cccc(-c4ccc5c(c4)c4cccc6c4n5-c4ccccc4C6(C)C)c3)cc21. The number of aromatic nitrogens is 1. The second-order valence-corrected chi connectivity index (χ2v) is 13.4. The summed E-state index contributed by atoms with van der Waals surface area (Å²) in [5.41, 5.74) is 17.2. The molecule has 1 aliphatic carbocycles. The summed E-state index contributed by atoms with van der Waals surface area (Å²) in [7, 11) is 0. The van der Waals surface area contributed by atoms with Crippen LogP contribution in [0.4, 0.5) is 0 Å². The predicted molar refractivity (Wildman–Crippen MR) is 181 cm³/mol. The lowest BCUT2D eigenvalue weighted by Crippen LogP contribution is -2.26. The van der Waals surface area contributed by atoms with E-state index < -0.39 is 0 Å². The summed E-state index contributed by atoms with van der Waals surface area (Å²) in [5.74, 6) is 0. The van der Waals surface area contributed by atoms with Gasteiger partial charge in [-0.15, -0.1) is 0 Å². The molecular weight excluding hydrogens is 518 g/mol. The third-order valence-corrected chi connectivity index (χ3v) is 10.4. The van der Waals surface area contributed by atoms with Crippen molar-refractivity contribution >= 4 is 21.8 Å². The summed E-state index contributed by atoms with van der Waals surface area (Å²) in [6.07, 6.45) is 0. The van der Waals surface area contributed by atoms with Crippen LogP contribution in [0.15, 0.2) is 127 Å². The zero-order valence-electron chi connectivity index (χ0n) is 25.1. The minimum absolute atomic E-state index is 0.00542. The fourth-order valence-electron chi connectivity index (χ4n) is 8.11. The number of hydrogen-bond acceptors (Lipinski definition) is 0. The Kier molecular flexibility index (Phi) is 4.80. The summed E-state index contributed by atoms with van der Waals surface area (Å²) in [4.78, 5) is 0. The van der Waals surface area contributed by atoms with E-state index in [2.05, 4.69) is 160 Å². The molecule has 0 N–H and O–H groups in total. The van der Waals surface area contributed by atoms with Crippen molar-refractivity contribution in [3.05, 3.63) is 150 Å². The Hall–Kier alpha value is -4.88. The molecular formula is C42H33N. The molecule has 7 aromatic rings. The van der Waals surface area contributed by atoms with Gasteiger partial charge in [-0.3, -0.25) is 0 Å². The van der Waals surface area contributed by atoms with Gasteiger partial charge in [-0.2, -0.15) is 0 Å². The van der Waals surface area contributed by atoms with Crippen LogP contribution in [-0.2, 0) is 10.8 Å². The summed E-state index contributed by atoms with van der Waals surface area (Å²) < 4.78 is 2.49. The van der Waals surface area contributed by atoms with Crippen molar-refractivity contribution in [3.8, 4) is 39.1 Å². The molecule has 43 heavy (non-hydrogen) atoms. The molecule has 0 radical (unpaired) electrons. The standard InChI is InChI=1S/C42H33N/c1-41(2)34-15-6-5-13-30(34)31-21-19-29(25-37(31)41)27-12-9-11-26(23-27)28-20-22-38-33(24-28)32-14-10-17-36-40(32)43(38)39-18-8-7-16-35(39)42(36,3)4/h5-25H,1-4H3. The van der Waals surface area contributed by atoms with Gasteiger partial charge in [0.15, 0.2) is 0 Å². The highest BCUT2D eigenvalue weighted by Crippen LogP contribution is 2.50. The molecule has 6 aromatic carbocycles. The third-order valence-electron chi connectivity index (χ3n) is 10.4. The van der Waals surface area contributed by atoms with Crippen LogP contribution >= 0.6 is 0 Å². The van der Waals surface area contributed by atoms with Crippen LogP contribution in [0.5, 0.6) is 0 Å². The Labute approximate surface area is 253 Å². The maximum absolute atomic E-state index is 2.49. The van der Waals surface area contributed by atoms with Gasteiger partial charge in [-0.25, -0.2) is 0 Å². The molecule has 0 unspecified atom stereocenters. The zero-order chi connectivity index (χ0) is 29.1. The number of rotatable bonds is 2. The lowest BCUT2D eigenvalue weighted by molar-refractivity contribution is 0.630. The Balaban J connectivity index is 1.19. The topological polar surface area (TPSA) is 4.93 Å². The first-order chi connectivity index (χ1) is 20.8. The van der Waals surface area contributed by atoms with E-state index in [-0.39, 0.29) is 10.8 Å². The fraction of sp³-hybridized carbons (Fsp3) is 0.143. The molecule has 9 rings (SSSR count). The fourth-order valence-corrected chi connectivity index (χ4v) is 8.11. The van der Waals surface area contributed by atoms with Crippen molar-refractivity contribution in [3.63, 3.8) is 0 Å². The third kappa shape index (κ3) is 3.23. The van der Waals surface area contributed by atoms with Gasteiger partial charge < -0.3 is 4.57 Å². The maximum atomic E-state index is 2.49. The smallest absolute Gasteiger partial charge is 0.0582 e. The van der Waals surface area contributed by atoms with Crippen molar-refractivity contribution in [2.75, 3.05) is 0 Å². The molecule has 0 amide bonds. The Morgan fingerprint density at radius 3 is 1.86 bits per heavy atom. The van der Waals surface area contributed by atoms with Crippen molar-refractivity contribution < 1.29 is 0 Å². The van der Waals surface area contributed by atoms with E-state index in [1.54, 1.807) is 0 Å². The van der Waals surface area contributed by atoms with Gasteiger partial charge in [0.2, 0.25) is 0 Å². The van der Waals surface area contributed by atoms with Gasteiger partial charge in [0.25, 0.3) is 0 Å². The molecule has 1 aromatic heterocycles. The molecule has 0 spiro atoms. The first-order valence-corrected chi connectivity index (χ1v) is 15.4. The van der Waals surface area contributed by atoms with Gasteiger partial charge in [-0.1, -0.05) is 125 Å². The van der Waals surface area contributed by atoms with E-state index in [4.69, 9.17) is 0 Å². The van der Waals surface area contributed by atoms with E-state index in [0.29, 0.717) is 0 Å². The number of para-hydroxylation sites is 2. The Bertz CT molecular complexity index is 2290. The van der Waals surface area contributed by atoms with E-state index in [1.807, 2.05) is 0 Å². The van der Waals surface area contributed by atoms with Gasteiger partial charge in [-0.05, 0) is 86.0 Å². The average Bonchev–Trinajstić information content (AvgIpc) is 3.49. The monoisotopic (exact) mass is 551 g/mol. The maximum Gasteiger partial charge on any atom is 0.0582 e. The van der Waals surface area contributed by atoms with Crippen LogP contribution in [0.25, 0.3) is 60.9 Å². The molecule has 0 saturated carbocycles. The molecule has 2 aliphatic rings. The number of nitrogens with zero attached hydrogens (tertiary/aromatic N) is 1. The van der Waals surface area contributed by atoms with E-state index in [9.17, 15) is 0 Å². The first-order valence-electron chi connectivity index (χ1n) is 15.4. The van der Waals surface area contributed by atoms with Gasteiger partial charge in [0, 0.05) is 21.6 Å². The minimum atomic E-state index is -0.0521. The van der Waals surface area contributed by atoms with Crippen molar-refractivity contribution in [1.29, 1.82) is 0 Å². The number of benzene rings is 6. The second-order valence-electron chi connectivity index (χ2n) is 13.4. The van der Waals surface area contributed by atoms with Crippen LogP contribution in [0.2, 0.25) is 0 Å². The van der Waals surface area contributed by atoms with Crippen molar-refractivity contribution in [2.45, 2.75) is 38.5 Å². The van der Waals surface area contributed by atoms with E-state index >= 15 is 0 Å². The normalized spacial score (nSPS) is 15.3. The van der Waals surface area contributed by atoms with Gasteiger partial charge >= 0.3 is 0 Å². The highest BCUT2D eigenvalue weighted by molar-refractivity contribution is 6.12. The van der Waals surface area contributed by atoms with Crippen LogP contribution < -0.4 is 0 Å². The summed E-state index contributed by atoms with van der Waals surface area (Å²) in [6.45, 7) is 9.42. The molecule has 206 valence electrons. The molecule has 2 heterocycles. The summed E-state index contributed by atoms with van der Waals surface area (Å²) in [5, 5.41) is 2.64. The number of hydrogen-bond donors (Lipinski definition) is 0. The molecule has 0 bridgehead atoms. The lowest BCUT2D eigenvalue weighted by Gasteiger charge is -2.34. The summed E-state index contributed by atoms with van der Waals surface area (Å²) in [6, 6.07) is 47.7. The Morgan fingerprint density at radius 1 is 0.419 bits per heavy atom. The highest BCUT2D eigenvalue weighted by Gasteiger charge is 2.36. The highest BCUT2D eigenvalue weighted by atomic mass is 15.0. The average molecular weight is 552 g/mol. The van der Waals surface area contributed by atoms with E-state index in [1.165, 1.54) is 83.1 Å². The van der Waals surface area contributed by atoms with Crippen LogP contribution in [0.3, 0.4) is 0 Å². The zero-order valence-corrected chi connectivity index (χ0v) is 25.1. The molecule has 1 heteroatoms. The number of fused-ring (bicyclic) bond motifs is 8. The molecule has 0 saturated heterocycles. The largest absolute Gasteiger partial charge is 0.309 e. The van der Waals surface area contributed by atoms with E-state index in [0.717, 1.165) is 0 Å². The minimum Gasteiger partial charge on any atom is -0.309 e. The Morgan fingerprint density at radius 2 is 1.02 bits per heavy atom. The van der Waals surface area contributed by atoms with Crippen LogP contribution in [0, 0.1) is 0 Å². The second kappa shape index (κ2) is 8.36. The quantitative estimate of drug-likeness (QED) is 0.201. The van der Waals surface area contributed by atoms with Crippen molar-refractivity contribution in [2.24, 2.45) is 0 Å².